The van der Waals surface area contributed by atoms with Crippen LogP contribution in [0.25, 0.3) is 0 Å². The predicted molar refractivity (Wildman–Crippen MR) is 96.1 cm³/mol. The Morgan fingerprint density at radius 2 is 1.88 bits per heavy atom. The molecule has 4 nitrogen and oxygen atoms in total. The van der Waals surface area contributed by atoms with Gasteiger partial charge in [-0.05, 0) is 42.3 Å². The molecule has 24 heavy (non-hydrogen) atoms. The highest BCUT2D eigenvalue weighted by molar-refractivity contribution is 6.35. The van der Waals surface area contributed by atoms with E-state index < -0.39 is 0 Å². The number of amides is 1. The van der Waals surface area contributed by atoms with Gasteiger partial charge in [0, 0.05) is 5.02 Å². The van der Waals surface area contributed by atoms with Crippen molar-refractivity contribution >= 4 is 29.1 Å². The van der Waals surface area contributed by atoms with Crippen LogP contribution in [-0.2, 0) is 4.79 Å². The lowest BCUT2D eigenvalue weighted by atomic mass is 10.0. The summed E-state index contributed by atoms with van der Waals surface area (Å²) in [6.07, 6.45) is 0.764. The van der Waals surface area contributed by atoms with Gasteiger partial charge in [0.1, 0.15) is 11.5 Å². The van der Waals surface area contributed by atoms with Gasteiger partial charge in [-0.25, -0.2) is 0 Å². The van der Waals surface area contributed by atoms with E-state index in [2.05, 4.69) is 5.32 Å². The normalized spacial score (nSPS) is 11.7. The van der Waals surface area contributed by atoms with Crippen molar-refractivity contribution in [2.24, 2.45) is 0 Å². The molecular weight excluding hydrogens is 349 g/mol. The number of methoxy groups -OCH3 is 1. The fourth-order valence-electron chi connectivity index (χ4n) is 2.23. The fourth-order valence-corrected chi connectivity index (χ4v) is 2.69. The molecule has 2 aromatic rings. The smallest absolute Gasteiger partial charge is 0.258 e. The quantitative estimate of drug-likeness (QED) is 0.774. The van der Waals surface area contributed by atoms with Crippen LogP contribution in [0.2, 0.25) is 10.0 Å². The van der Waals surface area contributed by atoms with Crippen molar-refractivity contribution in [1.82, 2.24) is 5.32 Å². The van der Waals surface area contributed by atoms with E-state index in [0.717, 1.165) is 17.7 Å². The zero-order valence-corrected chi connectivity index (χ0v) is 15.0. The number of ether oxygens (including phenoxy) is 2. The Labute approximate surface area is 151 Å². The Bertz CT molecular complexity index is 689. The van der Waals surface area contributed by atoms with E-state index in [1.54, 1.807) is 25.3 Å². The minimum absolute atomic E-state index is 0.0901. The van der Waals surface area contributed by atoms with E-state index in [0.29, 0.717) is 15.8 Å². The van der Waals surface area contributed by atoms with E-state index >= 15 is 0 Å². The summed E-state index contributed by atoms with van der Waals surface area (Å²) in [5.74, 6) is 0.984. The van der Waals surface area contributed by atoms with E-state index in [4.69, 9.17) is 32.7 Å². The number of carbonyl (C=O) groups excluding carboxylic acids is 1. The van der Waals surface area contributed by atoms with Crippen LogP contribution in [0.1, 0.15) is 24.9 Å². The number of halogens is 2. The van der Waals surface area contributed by atoms with Gasteiger partial charge in [0.05, 0.1) is 18.2 Å². The minimum Gasteiger partial charge on any atom is -0.497 e. The predicted octanol–water partition coefficient (Wildman–Crippen LogP) is 4.65. The molecule has 2 rings (SSSR count). The third-order valence-corrected chi connectivity index (χ3v) is 4.04. The topological polar surface area (TPSA) is 47.6 Å². The Kier molecular flexibility index (Phi) is 6.76. The molecule has 0 aliphatic carbocycles. The molecule has 0 spiro atoms. The molecule has 0 fully saturated rings. The van der Waals surface area contributed by atoms with Crippen LogP contribution >= 0.6 is 23.2 Å². The molecule has 128 valence electrons. The van der Waals surface area contributed by atoms with Crippen LogP contribution < -0.4 is 14.8 Å². The molecule has 0 unspecified atom stereocenters. The molecule has 0 saturated heterocycles. The number of hydrogen-bond donors (Lipinski definition) is 1. The molecule has 0 aliphatic rings. The first-order chi connectivity index (χ1) is 11.5. The molecule has 0 heterocycles. The SMILES string of the molecule is CC[C@H](NC(=O)COc1ccc(Cl)cc1Cl)c1ccc(OC)cc1. The average molecular weight is 368 g/mol. The van der Waals surface area contributed by atoms with E-state index in [1.807, 2.05) is 31.2 Å². The van der Waals surface area contributed by atoms with E-state index in [-0.39, 0.29) is 18.6 Å². The van der Waals surface area contributed by atoms with Crippen molar-refractivity contribution < 1.29 is 14.3 Å². The summed E-state index contributed by atoms with van der Waals surface area (Å²) in [5.41, 5.74) is 1.01. The van der Waals surface area contributed by atoms with E-state index in [1.165, 1.54) is 0 Å². The first kappa shape index (κ1) is 18.4. The molecule has 0 bridgehead atoms. The molecule has 1 N–H and O–H groups in total. The third kappa shape index (κ3) is 5.05. The van der Waals surface area contributed by atoms with Crippen molar-refractivity contribution in [2.75, 3.05) is 13.7 Å². The van der Waals surface area contributed by atoms with Crippen LogP contribution in [0, 0.1) is 0 Å². The van der Waals surface area contributed by atoms with Gasteiger partial charge in [-0.1, -0.05) is 42.3 Å². The van der Waals surface area contributed by atoms with Crippen LogP contribution in [0.3, 0.4) is 0 Å². The maximum atomic E-state index is 12.1. The monoisotopic (exact) mass is 367 g/mol. The minimum atomic E-state index is -0.219. The zero-order valence-electron chi connectivity index (χ0n) is 13.5. The van der Waals surface area contributed by atoms with Crippen molar-refractivity contribution in [3.8, 4) is 11.5 Å². The van der Waals surface area contributed by atoms with E-state index in [9.17, 15) is 4.79 Å². The summed E-state index contributed by atoms with van der Waals surface area (Å²) in [4.78, 5) is 12.1. The Morgan fingerprint density at radius 1 is 1.17 bits per heavy atom. The number of carbonyl (C=O) groups is 1. The second kappa shape index (κ2) is 8.81. The van der Waals surface area contributed by atoms with Crippen molar-refractivity contribution in [2.45, 2.75) is 19.4 Å². The maximum Gasteiger partial charge on any atom is 0.258 e. The standard InChI is InChI=1S/C18H19Cl2NO3/c1-3-16(12-4-7-14(23-2)8-5-12)21-18(22)11-24-17-9-6-13(19)10-15(17)20/h4-10,16H,3,11H2,1-2H3,(H,21,22)/t16-/m0/s1. The van der Waals surface area contributed by atoms with Gasteiger partial charge in [-0.3, -0.25) is 4.79 Å². The molecule has 0 aliphatic heterocycles. The second-order valence-corrected chi connectivity index (χ2v) is 6.01. The van der Waals surface area contributed by atoms with Crippen LogP contribution in [0.4, 0.5) is 0 Å². The van der Waals surface area contributed by atoms with Gasteiger partial charge in [0.2, 0.25) is 0 Å². The first-order valence-corrected chi connectivity index (χ1v) is 8.30. The second-order valence-electron chi connectivity index (χ2n) is 5.16. The summed E-state index contributed by atoms with van der Waals surface area (Å²) in [5, 5.41) is 3.84. The number of hydrogen-bond acceptors (Lipinski definition) is 3. The van der Waals surface area contributed by atoms with Gasteiger partial charge >= 0.3 is 0 Å². The highest BCUT2D eigenvalue weighted by atomic mass is 35.5. The Morgan fingerprint density at radius 3 is 2.46 bits per heavy atom. The highest BCUT2D eigenvalue weighted by Gasteiger charge is 2.14. The van der Waals surface area contributed by atoms with Crippen LogP contribution in [0.5, 0.6) is 11.5 Å². The lowest BCUT2D eigenvalue weighted by Gasteiger charge is -2.18. The van der Waals surface area contributed by atoms with Crippen molar-refractivity contribution in [3.63, 3.8) is 0 Å². The van der Waals surface area contributed by atoms with Gasteiger partial charge in [0.25, 0.3) is 5.91 Å². The van der Waals surface area contributed by atoms with Gasteiger partial charge < -0.3 is 14.8 Å². The lowest BCUT2D eigenvalue weighted by molar-refractivity contribution is -0.123. The van der Waals surface area contributed by atoms with Gasteiger partial charge in [-0.2, -0.15) is 0 Å². The number of rotatable bonds is 7. The molecule has 1 amide bonds. The van der Waals surface area contributed by atoms with Crippen molar-refractivity contribution in [1.29, 1.82) is 0 Å². The molecule has 6 heteroatoms. The molecular formula is C18H19Cl2NO3. The summed E-state index contributed by atoms with van der Waals surface area (Å²) in [6.45, 7) is 1.89. The molecule has 0 radical (unpaired) electrons. The fraction of sp³-hybridized carbons (Fsp3) is 0.278. The average Bonchev–Trinajstić information content (AvgIpc) is 2.59. The molecule has 0 saturated carbocycles. The largest absolute Gasteiger partial charge is 0.497 e. The highest BCUT2D eigenvalue weighted by Crippen LogP contribution is 2.27. The Balaban J connectivity index is 1.93. The molecule has 2 aromatic carbocycles. The third-order valence-electron chi connectivity index (χ3n) is 3.51. The molecule has 1 atom stereocenters. The first-order valence-electron chi connectivity index (χ1n) is 7.54. The van der Waals surface area contributed by atoms with Gasteiger partial charge in [-0.15, -0.1) is 0 Å². The molecule has 0 aromatic heterocycles. The van der Waals surface area contributed by atoms with Crippen LogP contribution in [-0.4, -0.2) is 19.6 Å². The summed E-state index contributed by atoms with van der Waals surface area (Å²) < 4.78 is 10.6. The summed E-state index contributed by atoms with van der Waals surface area (Å²) in [7, 11) is 1.62. The van der Waals surface area contributed by atoms with Crippen LogP contribution in [0.15, 0.2) is 42.5 Å². The Hall–Kier alpha value is -1.91. The van der Waals surface area contributed by atoms with Crippen molar-refractivity contribution in [3.05, 3.63) is 58.1 Å². The maximum absolute atomic E-state index is 12.1. The lowest BCUT2D eigenvalue weighted by Crippen LogP contribution is -2.32. The number of nitrogens with one attached hydrogen (secondary N) is 1. The zero-order chi connectivity index (χ0) is 17.5. The summed E-state index contributed by atoms with van der Waals surface area (Å²) >= 11 is 11.8. The summed E-state index contributed by atoms with van der Waals surface area (Å²) in [6, 6.07) is 12.4. The van der Waals surface area contributed by atoms with Gasteiger partial charge in [0.15, 0.2) is 6.61 Å². The number of benzene rings is 2.